The Morgan fingerprint density at radius 3 is 2.36 bits per heavy atom. The van der Waals surface area contributed by atoms with E-state index in [1.165, 1.54) is 21.3 Å². The topological polar surface area (TPSA) is 84.9 Å². The molecule has 0 aliphatic heterocycles. The maximum absolute atomic E-state index is 12.6. The van der Waals surface area contributed by atoms with Gasteiger partial charge in [-0.25, -0.2) is 8.42 Å². The first-order chi connectivity index (χ1) is 11.8. The molecule has 0 radical (unpaired) electrons. The maximum atomic E-state index is 12.6. The van der Waals surface area contributed by atoms with Gasteiger partial charge in [0.05, 0.1) is 31.7 Å². The zero-order chi connectivity index (χ0) is 18.6. The van der Waals surface area contributed by atoms with Crippen LogP contribution < -0.4 is 19.1 Å². The summed E-state index contributed by atoms with van der Waals surface area (Å²) in [4.78, 5) is 12.6. The van der Waals surface area contributed by atoms with Crippen LogP contribution in [-0.4, -0.2) is 41.8 Å². The van der Waals surface area contributed by atoms with Gasteiger partial charge in [-0.15, -0.1) is 0 Å². The molecule has 1 amide bonds. The molecule has 0 saturated carbocycles. The summed E-state index contributed by atoms with van der Waals surface area (Å²) in [7, 11) is 1.00. The number of methoxy groups -OCH3 is 2. The number of rotatable bonds is 6. The van der Waals surface area contributed by atoms with Crippen LogP contribution in [0.15, 0.2) is 42.5 Å². The predicted molar refractivity (Wildman–Crippen MR) is 97.2 cm³/mol. The van der Waals surface area contributed by atoms with Gasteiger partial charge < -0.3 is 14.8 Å². The lowest BCUT2D eigenvalue weighted by molar-refractivity contribution is 0.102. The summed E-state index contributed by atoms with van der Waals surface area (Å²) in [5.41, 5.74) is 1.21. The molecule has 7 nitrogen and oxygen atoms in total. The first kappa shape index (κ1) is 18.6. The molecular formula is C17H20N2O5S. The van der Waals surface area contributed by atoms with Crippen molar-refractivity contribution in [3.05, 3.63) is 48.0 Å². The third kappa shape index (κ3) is 4.21. The van der Waals surface area contributed by atoms with Gasteiger partial charge >= 0.3 is 0 Å². The Hall–Kier alpha value is -2.74. The van der Waals surface area contributed by atoms with Gasteiger partial charge in [0, 0.05) is 12.7 Å². The standard InChI is InChI=1S/C17H20N2O5S/c1-19(25(4,21)22)13-8-5-7-12(11-13)18-17(20)14-9-6-10-15(23-2)16(14)24-3/h5-11H,1-4H3,(H,18,20). The lowest BCUT2D eigenvalue weighted by Gasteiger charge is -2.18. The third-order valence-electron chi connectivity index (χ3n) is 3.61. The monoisotopic (exact) mass is 364 g/mol. The molecule has 2 rings (SSSR count). The molecular weight excluding hydrogens is 344 g/mol. The molecule has 8 heteroatoms. The van der Waals surface area contributed by atoms with E-state index in [1.54, 1.807) is 42.5 Å². The number of amides is 1. The molecule has 2 aromatic carbocycles. The lowest BCUT2D eigenvalue weighted by Crippen LogP contribution is -2.24. The Labute approximate surface area is 147 Å². The van der Waals surface area contributed by atoms with Crippen molar-refractivity contribution < 1.29 is 22.7 Å². The van der Waals surface area contributed by atoms with Gasteiger partial charge in [0.2, 0.25) is 10.0 Å². The van der Waals surface area contributed by atoms with Crippen LogP contribution in [0.5, 0.6) is 11.5 Å². The Kier molecular flexibility index (Phi) is 5.53. The van der Waals surface area contributed by atoms with Crippen LogP contribution in [0, 0.1) is 0 Å². The Morgan fingerprint density at radius 2 is 1.76 bits per heavy atom. The minimum Gasteiger partial charge on any atom is -0.493 e. The normalized spacial score (nSPS) is 10.9. The minimum atomic E-state index is -3.39. The van der Waals surface area contributed by atoms with Crippen molar-refractivity contribution in [3.63, 3.8) is 0 Å². The molecule has 1 N–H and O–H groups in total. The highest BCUT2D eigenvalue weighted by atomic mass is 32.2. The number of carbonyl (C=O) groups is 1. The van der Waals surface area contributed by atoms with Crippen LogP contribution in [0.4, 0.5) is 11.4 Å². The van der Waals surface area contributed by atoms with Crippen molar-refractivity contribution in [1.82, 2.24) is 0 Å². The molecule has 0 aliphatic carbocycles. The van der Waals surface area contributed by atoms with Crippen LogP contribution in [0.1, 0.15) is 10.4 Å². The molecule has 134 valence electrons. The summed E-state index contributed by atoms with van der Waals surface area (Å²) in [6.07, 6.45) is 1.11. The van der Waals surface area contributed by atoms with E-state index in [4.69, 9.17) is 9.47 Å². The van der Waals surface area contributed by atoms with E-state index in [0.717, 1.165) is 10.6 Å². The number of para-hydroxylation sites is 1. The minimum absolute atomic E-state index is 0.309. The molecule has 2 aromatic rings. The van der Waals surface area contributed by atoms with Gasteiger partial charge in [-0.05, 0) is 30.3 Å². The molecule has 0 aromatic heterocycles. The Balaban J connectivity index is 2.31. The molecule has 0 saturated heterocycles. The van der Waals surface area contributed by atoms with Gasteiger partial charge in [-0.1, -0.05) is 12.1 Å². The molecule has 0 unspecified atom stereocenters. The van der Waals surface area contributed by atoms with Crippen LogP contribution in [0.25, 0.3) is 0 Å². The smallest absolute Gasteiger partial charge is 0.259 e. The second-order valence-electron chi connectivity index (χ2n) is 5.28. The lowest BCUT2D eigenvalue weighted by atomic mass is 10.1. The van der Waals surface area contributed by atoms with Crippen molar-refractivity contribution >= 4 is 27.3 Å². The predicted octanol–water partition coefficient (Wildman–Crippen LogP) is 2.35. The number of nitrogens with zero attached hydrogens (tertiary/aromatic N) is 1. The fourth-order valence-electron chi connectivity index (χ4n) is 2.24. The summed E-state index contributed by atoms with van der Waals surface area (Å²) in [5.74, 6) is 0.377. The molecule has 0 aliphatic rings. The highest BCUT2D eigenvalue weighted by Gasteiger charge is 2.17. The highest BCUT2D eigenvalue weighted by molar-refractivity contribution is 7.92. The van der Waals surface area contributed by atoms with Gasteiger partial charge in [0.15, 0.2) is 11.5 Å². The number of nitrogens with one attached hydrogen (secondary N) is 1. The van der Waals surface area contributed by atoms with Crippen molar-refractivity contribution in [2.24, 2.45) is 0 Å². The first-order valence-electron chi connectivity index (χ1n) is 7.34. The van der Waals surface area contributed by atoms with Crippen molar-refractivity contribution in [1.29, 1.82) is 0 Å². The summed E-state index contributed by atoms with van der Waals surface area (Å²) in [6.45, 7) is 0. The Bertz CT molecular complexity index is 880. The largest absolute Gasteiger partial charge is 0.493 e. The van der Waals surface area contributed by atoms with Gasteiger partial charge in [-0.2, -0.15) is 0 Å². The zero-order valence-corrected chi connectivity index (χ0v) is 15.3. The number of hydrogen-bond acceptors (Lipinski definition) is 5. The van der Waals surface area contributed by atoms with E-state index in [-0.39, 0.29) is 0 Å². The van der Waals surface area contributed by atoms with Crippen LogP contribution >= 0.6 is 0 Å². The second kappa shape index (κ2) is 7.43. The average molecular weight is 364 g/mol. The third-order valence-corrected chi connectivity index (χ3v) is 4.82. The van der Waals surface area contributed by atoms with Crippen LogP contribution in [0.2, 0.25) is 0 Å². The highest BCUT2D eigenvalue weighted by Crippen LogP contribution is 2.31. The SMILES string of the molecule is COc1cccc(C(=O)Nc2cccc(N(C)S(C)(=O)=O)c2)c1OC. The van der Waals surface area contributed by atoms with E-state index < -0.39 is 15.9 Å². The molecule has 0 heterocycles. The number of hydrogen-bond donors (Lipinski definition) is 1. The maximum Gasteiger partial charge on any atom is 0.259 e. The number of carbonyl (C=O) groups excluding carboxylic acids is 1. The van der Waals surface area contributed by atoms with Gasteiger partial charge in [0.1, 0.15) is 0 Å². The molecule has 25 heavy (non-hydrogen) atoms. The van der Waals surface area contributed by atoms with Gasteiger partial charge in [0.25, 0.3) is 5.91 Å². The second-order valence-corrected chi connectivity index (χ2v) is 7.29. The first-order valence-corrected chi connectivity index (χ1v) is 9.19. The molecule has 0 atom stereocenters. The van der Waals surface area contributed by atoms with E-state index in [9.17, 15) is 13.2 Å². The fourth-order valence-corrected chi connectivity index (χ4v) is 2.73. The van der Waals surface area contributed by atoms with Crippen molar-refractivity contribution in [3.8, 4) is 11.5 Å². The summed E-state index contributed by atoms with van der Waals surface area (Å²) >= 11 is 0. The quantitative estimate of drug-likeness (QED) is 0.850. The van der Waals surface area contributed by atoms with Gasteiger partial charge in [-0.3, -0.25) is 9.10 Å². The van der Waals surface area contributed by atoms with Crippen LogP contribution in [0.3, 0.4) is 0 Å². The number of benzene rings is 2. The molecule has 0 spiro atoms. The fraction of sp³-hybridized carbons (Fsp3) is 0.235. The van der Waals surface area contributed by atoms with Crippen molar-refractivity contribution in [2.45, 2.75) is 0 Å². The average Bonchev–Trinajstić information content (AvgIpc) is 2.59. The summed E-state index contributed by atoms with van der Waals surface area (Å²) < 4.78 is 34.9. The number of sulfonamides is 1. The van der Waals surface area contributed by atoms with E-state index in [0.29, 0.717) is 28.4 Å². The summed E-state index contributed by atoms with van der Waals surface area (Å²) in [5, 5.41) is 2.73. The van der Waals surface area contributed by atoms with E-state index >= 15 is 0 Å². The Morgan fingerprint density at radius 1 is 1.08 bits per heavy atom. The molecule has 0 bridgehead atoms. The zero-order valence-electron chi connectivity index (χ0n) is 14.4. The number of anilines is 2. The van der Waals surface area contributed by atoms with E-state index in [1.807, 2.05) is 0 Å². The molecule has 0 fully saturated rings. The van der Waals surface area contributed by atoms with E-state index in [2.05, 4.69) is 5.32 Å². The number of ether oxygens (including phenoxy) is 2. The van der Waals surface area contributed by atoms with Crippen LogP contribution in [-0.2, 0) is 10.0 Å². The summed E-state index contributed by atoms with van der Waals surface area (Å²) in [6, 6.07) is 11.5. The van der Waals surface area contributed by atoms with Crippen molar-refractivity contribution in [2.75, 3.05) is 37.1 Å².